The molecule has 1 fully saturated rings. The fourth-order valence-electron chi connectivity index (χ4n) is 5.77. The van der Waals surface area contributed by atoms with Crippen molar-refractivity contribution in [3.8, 4) is 23.0 Å². The molecule has 5 aromatic rings. The normalized spacial score (nSPS) is 16.8. The highest BCUT2D eigenvalue weighted by atomic mass is 16.6. The van der Waals surface area contributed by atoms with E-state index in [0.717, 1.165) is 38.9 Å². The molecule has 1 aliphatic heterocycles. The van der Waals surface area contributed by atoms with Gasteiger partial charge in [0, 0.05) is 31.0 Å². The number of nitrogens with zero attached hydrogens (tertiary/aromatic N) is 4. The molecule has 9 heteroatoms. The molecule has 2 aromatic heterocycles. The van der Waals surface area contributed by atoms with E-state index in [9.17, 15) is 9.90 Å². The number of aliphatic hydroxyl groups excluding tert-OH is 1. The van der Waals surface area contributed by atoms with Crippen molar-refractivity contribution < 1.29 is 24.1 Å². The molecule has 1 saturated heterocycles. The molecular formula is C37H40N4O5. The number of rotatable bonds is 8. The van der Waals surface area contributed by atoms with E-state index in [1.54, 1.807) is 4.90 Å². The molecule has 238 valence electrons. The van der Waals surface area contributed by atoms with Gasteiger partial charge >= 0.3 is 6.09 Å². The largest absolute Gasteiger partial charge is 0.473 e. The molecule has 1 aliphatic rings. The SMILES string of the molecule is Cn1nc(-c2ccc(OCc3ccccc3)nc2OCc2ccccc2)c2ccc([C@@H]3CCN(C(=O)OC(C)(C)C)C[C@@H]3O)cc21. The summed E-state index contributed by atoms with van der Waals surface area (Å²) >= 11 is 0. The molecule has 1 amide bonds. The molecule has 9 nitrogen and oxygen atoms in total. The molecule has 0 aliphatic carbocycles. The van der Waals surface area contributed by atoms with Gasteiger partial charge in [0.1, 0.15) is 24.5 Å². The number of likely N-dealkylation sites (tertiary alicyclic amines) is 1. The van der Waals surface area contributed by atoms with Crippen LogP contribution in [0.3, 0.4) is 0 Å². The Bertz CT molecular complexity index is 1800. The van der Waals surface area contributed by atoms with Gasteiger partial charge in [0.05, 0.1) is 23.7 Å². The minimum absolute atomic E-state index is 0.117. The van der Waals surface area contributed by atoms with Crippen molar-refractivity contribution in [2.75, 3.05) is 13.1 Å². The van der Waals surface area contributed by atoms with Gasteiger partial charge in [-0.3, -0.25) is 4.68 Å². The summed E-state index contributed by atoms with van der Waals surface area (Å²) in [6.45, 7) is 7.00. The predicted molar refractivity (Wildman–Crippen MR) is 177 cm³/mol. The molecule has 0 unspecified atom stereocenters. The van der Waals surface area contributed by atoms with E-state index in [2.05, 4.69) is 6.07 Å². The minimum atomic E-state index is -0.711. The average Bonchev–Trinajstić information content (AvgIpc) is 3.38. The van der Waals surface area contributed by atoms with Gasteiger partial charge in [-0.15, -0.1) is 0 Å². The van der Waals surface area contributed by atoms with Crippen LogP contribution in [0.25, 0.3) is 22.2 Å². The summed E-state index contributed by atoms with van der Waals surface area (Å²) in [5.74, 6) is 0.780. The third kappa shape index (κ3) is 7.15. The highest BCUT2D eigenvalue weighted by Crippen LogP contribution is 2.37. The van der Waals surface area contributed by atoms with Gasteiger partial charge in [-0.25, -0.2) is 4.79 Å². The summed E-state index contributed by atoms with van der Waals surface area (Å²) in [7, 11) is 1.91. The average molecular weight is 621 g/mol. The lowest BCUT2D eigenvalue weighted by Gasteiger charge is -2.37. The number of aromatic nitrogens is 3. The van der Waals surface area contributed by atoms with Crippen LogP contribution in [-0.4, -0.2) is 55.7 Å². The number of piperidine rings is 1. The van der Waals surface area contributed by atoms with E-state index in [1.165, 1.54) is 0 Å². The van der Waals surface area contributed by atoms with E-state index in [4.69, 9.17) is 24.3 Å². The summed E-state index contributed by atoms with van der Waals surface area (Å²) in [4.78, 5) is 19.0. The fourth-order valence-corrected chi connectivity index (χ4v) is 5.77. The van der Waals surface area contributed by atoms with Gasteiger partial charge in [0.25, 0.3) is 0 Å². The molecule has 0 saturated carbocycles. The number of benzene rings is 3. The Labute approximate surface area is 269 Å². The number of carbonyl (C=O) groups is 1. The fraction of sp³-hybridized carbons (Fsp3) is 0.324. The van der Waals surface area contributed by atoms with Crippen molar-refractivity contribution in [3.05, 3.63) is 108 Å². The zero-order valence-corrected chi connectivity index (χ0v) is 26.7. The Hall–Kier alpha value is -4.89. The van der Waals surface area contributed by atoms with Crippen molar-refractivity contribution >= 4 is 17.0 Å². The van der Waals surface area contributed by atoms with E-state index in [0.29, 0.717) is 37.9 Å². The number of carbonyl (C=O) groups excluding carboxylic acids is 1. The monoisotopic (exact) mass is 620 g/mol. The van der Waals surface area contributed by atoms with Gasteiger partial charge in [-0.1, -0.05) is 72.8 Å². The number of amides is 1. The molecule has 3 heterocycles. The first-order valence-corrected chi connectivity index (χ1v) is 15.6. The molecule has 0 radical (unpaired) electrons. The number of hydrogen-bond acceptors (Lipinski definition) is 7. The summed E-state index contributed by atoms with van der Waals surface area (Å²) in [6, 6.07) is 29.9. The van der Waals surface area contributed by atoms with Gasteiger partial charge in [-0.05, 0) is 56.0 Å². The smallest absolute Gasteiger partial charge is 0.410 e. The van der Waals surface area contributed by atoms with Gasteiger partial charge in [-0.2, -0.15) is 10.1 Å². The molecule has 0 spiro atoms. The molecular weight excluding hydrogens is 580 g/mol. The zero-order valence-electron chi connectivity index (χ0n) is 26.7. The maximum absolute atomic E-state index is 12.6. The van der Waals surface area contributed by atoms with E-state index < -0.39 is 17.8 Å². The second kappa shape index (κ2) is 13.2. The lowest BCUT2D eigenvalue weighted by molar-refractivity contribution is -0.00151. The number of aliphatic hydroxyl groups is 1. The van der Waals surface area contributed by atoms with Crippen LogP contribution >= 0.6 is 0 Å². The predicted octanol–water partition coefficient (Wildman–Crippen LogP) is 6.88. The van der Waals surface area contributed by atoms with Crippen LogP contribution in [0, 0.1) is 0 Å². The highest BCUT2D eigenvalue weighted by molar-refractivity contribution is 5.95. The maximum Gasteiger partial charge on any atom is 0.410 e. The highest BCUT2D eigenvalue weighted by Gasteiger charge is 2.33. The second-order valence-electron chi connectivity index (χ2n) is 12.7. The van der Waals surface area contributed by atoms with Crippen molar-refractivity contribution in [2.45, 2.75) is 58.0 Å². The molecule has 46 heavy (non-hydrogen) atoms. The lowest BCUT2D eigenvalue weighted by Crippen LogP contribution is -2.47. The van der Waals surface area contributed by atoms with E-state index in [1.807, 2.05) is 117 Å². The standard InChI is InChI=1S/C37H40N4O5/c1-37(2,3)46-36(43)41-20-19-28(32(42)22-41)27-15-16-29-31(21-27)40(4)39-34(29)30-17-18-33(44-23-25-11-7-5-8-12-25)38-35(30)45-24-26-13-9-6-10-14-26/h5-18,21,28,32,42H,19-20,22-24H2,1-4H3/t28-,32-/m0/s1. The Morgan fingerprint density at radius 3 is 2.24 bits per heavy atom. The summed E-state index contributed by atoms with van der Waals surface area (Å²) in [6.07, 6.45) is -0.480. The molecule has 0 bridgehead atoms. The first kappa shape index (κ1) is 31.1. The number of fused-ring (bicyclic) bond motifs is 1. The number of aryl methyl sites for hydroxylation is 1. The quantitative estimate of drug-likeness (QED) is 0.202. The Balaban J connectivity index is 1.26. The number of ether oxygens (including phenoxy) is 3. The van der Waals surface area contributed by atoms with Crippen LogP contribution in [0.15, 0.2) is 91.0 Å². The van der Waals surface area contributed by atoms with Gasteiger partial charge < -0.3 is 24.2 Å². The Morgan fingerprint density at radius 1 is 0.913 bits per heavy atom. The third-order valence-corrected chi connectivity index (χ3v) is 8.08. The van der Waals surface area contributed by atoms with Crippen LogP contribution < -0.4 is 9.47 Å². The lowest BCUT2D eigenvalue weighted by atomic mass is 9.86. The summed E-state index contributed by atoms with van der Waals surface area (Å²) < 4.78 is 19.7. The Kier molecular flexibility index (Phi) is 8.94. The van der Waals surface area contributed by atoms with Crippen LogP contribution in [0.4, 0.5) is 4.79 Å². The summed E-state index contributed by atoms with van der Waals surface area (Å²) in [5, 5.41) is 16.9. The van der Waals surface area contributed by atoms with E-state index >= 15 is 0 Å². The minimum Gasteiger partial charge on any atom is -0.473 e. The zero-order chi connectivity index (χ0) is 32.3. The number of β-amino-alcohol motifs (C(OH)–C–C–N with tert-alkyl or cyclic N) is 1. The molecule has 6 rings (SSSR count). The van der Waals surface area contributed by atoms with Crippen LogP contribution in [0.5, 0.6) is 11.8 Å². The van der Waals surface area contributed by atoms with Crippen molar-refractivity contribution in [1.29, 1.82) is 0 Å². The third-order valence-electron chi connectivity index (χ3n) is 8.08. The van der Waals surface area contributed by atoms with Crippen molar-refractivity contribution in [3.63, 3.8) is 0 Å². The maximum atomic E-state index is 12.6. The first-order valence-electron chi connectivity index (χ1n) is 15.6. The number of hydrogen-bond donors (Lipinski definition) is 1. The first-order chi connectivity index (χ1) is 22.1. The van der Waals surface area contributed by atoms with Crippen LogP contribution in [0.1, 0.15) is 49.8 Å². The topological polar surface area (TPSA) is 98.9 Å². The van der Waals surface area contributed by atoms with Crippen molar-refractivity contribution in [2.24, 2.45) is 7.05 Å². The van der Waals surface area contributed by atoms with E-state index in [-0.39, 0.29) is 12.5 Å². The van der Waals surface area contributed by atoms with Gasteiger partial charge in [0.2, 0.25) is 11.8 Å². The van der Waals surface area contributed by atoms with Gasteiger partial charge in [0.15, 0.2) is 0 Å². The Morgan fingerprint density at radius 2 is 1.59 bits per heavy atom. The summed E-state index contributed by atoms with van der Waals surface area (Å²) in [5.41, 5.74) is 4.92. The van der Waals surface area contributed by atoms with Crippen LogP contribution in [-0.2, 0) is 25.0 Å². The number of pyridine rings is 1. The van der Waals surface area contributed by atoms with Crippen molar-refractivity contribution in [1.82, 2.24) is 19.7 Å². The second-order valence-corrected chi connectivity index (χ2v) is 12.7. The van der Waals surface area contributed by atoms with Crippen LogP contribution in [0.2, 0.25) is 0 Å². The molecule has 1 N–H and O–H groups in total. The molecule has 3 aromatic carbocycles. The molecule has 2 atom stereocenters.